The van der Waals surface area contributed by atoms with Gasteiger partial charge in [0.05, 0.1) is 5.41 Å². The van der Waals surface area contributed by atoms with Crippen LogP contribution >= 0.6 is 11.3 Å². The molecule has 62 heavy (non-hydrogen) atoms. The van der Waals surface area contributed by atoms with Crippen molar-refractivity contribution in [1.29, 1.82) is 0 Å². The molecule has 1 aliphatic rings. The van der Waals surface area contributed by atoms with E-state index in [4.69, 9.17) is 15.0 Å². The molecule has 0 saturated heterocycles. The summed E-state index contributed by atoms with van der Waals surface area (Å²) in [5.74, 6) is 1.91. The smallest absolute Gasteiger partial charge is 0.164 e. The van der Waals surface area contributed by atoms with E-state index in [0.717, 1.165) is 38.9 Å². The Morgan fingerprint density at radius 3 is 1.37 bits per heavy atom. The van der Waals surface area contributed by atoms with Crippen LogP contribution in [0.2, 0.25) is 0 Å². The molecule has 0 spiro atoms. The van der Waals surface area contributed by atoms with Crippen LogP contribution in [0, 0.1) is 0 Å². The molecule has 4 heteroatoms. The van der Waals surface area contributed by atoms with Crippen molar-refractivity contribution in [2.75, 3.05) is 0 Å². The van der Waals surface area contributed by atoms with Crippen molar-refractivity contribution in [3.8, 4) is 67.5 Å². The number of benzene rings is 9. The van der Waals surface area contributed by atoms with Crippen molar-refractivity contribution in [3.05, 3.63) is 247 Å². The van der Waals surface area contributed by atoms with E-state index in [1.807, 2.05) is 35.6 Å². The molecule has 290 valence electrons. The minimum Gasteiger partial charge on any atom is -0.208 e. The average molecular weight is 808 g/mol. The Morgan fingerprint density at radius 1 is 0.290 bits per heavy atom. The Hall–Kier alpha value is -7.79. The molecule has 3 nitrogen and oxygen atoms in total. The van der Waals surface area contributed by atoms with Gasteiger partial charge in [0.1, 0.15) is 0 Å². The first-order chi connectivity index (χ1) is 30.7. The number of thiophene rings is 1. The summed E-state index contributed by atoms with van der Waals surface area (Å²) in [5, 5.41) is 2.62. The summed E-state index contributed by atoms with van der Waals surface area (Å²) in [6.45, 7) is 0. The van der Waals surface area contributed by atoms with Crippen molar-refractivity contribution in [2.24, 2.45) is 0 Å². The highest BCUT2D eigenvalue weighted by atomic mass is 32.1. The summed E-state index contributed by atoms with van der Waals surface area (Å²) in [4.78, 5) is 15.2. The fraction of sp³-hybridized carbons (Fsp3) is 0.0172. The van der Waals surface area contributed by atoms with Gasteiger partial charge in [-0.25, -0.2) is 15.0 Å². The molecule has 2 aromatic heterocycles. The third kappa shape index (κ3) is 5.91. The molecule has 0 unspecified atom stereocenters. The van der Waals surface area contributed by atoms with E-state index in [1.165, 1.54) is 53.6 Å². The molecule has 0 N–H and O–H groups in total. The number of hydrogen-bond acceptors (Lipinski definition) is 4. The predicted molar refractivity (Wildman–Crippen MR) is 257 cm³/mol. The first kappa shape index (κ1) is 36.1. The van der Waals surface area contributed by atoms with E-state index in [-0.39, 0.29) is 0 Å². The molecule has 0 aliphatic heterocycles. The molecular weight excluding hydrogens is 771 g/mol. The summed E-state index contributed by atoms with van der Waals surface area (Å²) in [6.07, 6.45) is 0. The zero-order chi connectivity index (χ0) is 41.0. The Morgan fingerprint density at radius 2 is 0.742 bits per heavy atom. The Labute approximate surface area is 364 Å². The number of rotatable bonds is 7. The van der Waals surface area contributed by atoms with Gasteiger partial charge in [-0.3, -0.25) is 0 Å². The van der Waals surface area contributed by atoms with Gasteiger partial charge in [0.25, 0.3) is 0 Å². The minimum atomic E-state index is -0.495. The van der Waals surface area contributed by atoms with Crippen molar-refractivity contribution >= 4 is 31.5 Å². The van der Waals surface area contributed by atoms with Crippen molar-refractivity contribution in [1.82, 2.24) is 15.0 Å². The molecule has 12 rings (SSSR count). The largest absolute Gasteiger partial charge is 0.208 e. The second-order valence-electron chi connectivity index (χ2n) is 15.9. The lowest BCUT2D eigenvalue weighted by Gasteiger charge is -2.34. The van der Waals surface area contributed by atoms with Gasteiger partial charge >= 0.3 is 0 Å². The lowest BCUT2D eigenvalue weighted by atomic mass is 9.67. The number of aromatic nitrogens is 3. The number of fused-ring (bicyclic) bond motifs is 6. The molecule has 0 saturated carbocycles. The van der Waals surface area contributed by atoms with E-state index in [0.29, 0.717) is 17.5 Å². The Bertz CT molecular complexity index is 3420. The number of nitrogens with zero attached hydrogens (tertiary/aromatic N) is 3. The van der Waals surface area contributed by atoms with Crippen LogP contribution in [0.15, 0.2) is 224 Å². The van der Waals surface area contributed by atoms with Crippen LogP contribution in [0.4, 0.5) is 0 Å². The lowest BCUT2D eigenvalue weighted by molar-refractivity contribution is 0.770. The summed E-state index contributed by atoms with van der Waals surface area (Å²) in [7, 11) is 0. The molecule has 11 aromatic rings. The summed E-state index contributed by atoms with van der Waals surface area (Å²) >= 11 is 1.87. The van der Waals surface area contributed by atoms with Gasteiger partial charge in [-0.1, -0.05) is 200 Å². The van der Waals surface area contributed by atoms with Crippen LogP contribution in [0.1, 0.15) is 22.3 Å². The van der Waals surface area contributed by atoms with E-state index in [2.05, 4.69) is 200 Å². The normalized spacial score (nSPS) is 12.6. The highest BCUT2D eigenvalue weighted by Crippen LogP contribution is 2.56. The van der Waals surface area contributed by atoms with Gasteiger partial charge < -0.3 is 0 Å². The monoisotopic (exact) mass is 807 g/mol. The van der Waals surface area contributed by atoms with Crippen LogP contribution in [0.25, 0.3) is 87.7 Å². The van der Waals surface area contributed by atoms with Crippen LogP contribution in [0.5, 0.6) is 0 Å². The first-order valence-electron chi connectivity index (χ1n) is 21.0. The molecule has 1 aliphatic carbocycles. The molecule has 0 fully saturated rings. The number of hydrogen-bond donors (Lipinski definition) is 0. The summed E-state index contributed by atoms with van der Waals surface area (Å²) in [5.41, 5.74) is 14.5. The third-order valence-corrected chi connectivity index (χ3v) is 13.6. The second-order valence-corrected chi connectivity index (χ2v) is 17.0. The zero-order valence-electron chi connectivity index (χ0n) is 33.6. The maximum atomic E-state index is 5.13. The molecule has 9 aromatic carbocycles. The average Bonchev–Trinajstić information content (AvgIpc) is 3.88. The van der Waals surface area contributed by atoms with E-state index in [1.54, 1.807) is 0 Å². The van der Waals surface area contributed by atoms with Gasteiger partial charge in [-0.15, -0.1) is 11.3 Å². The molecule has 0 atom stereocenters. The highest BCUT2D eigenvalue weighted by molar-refractivity contribution is 7.25. The van der Waals surface area contributed by atoms with Gasteiger partial charge in [-0.05, 0) is 79.9 Å². The standard InChI is InChI=1S/C58H37N3S/c1-3-15-38(16-4-1)41-19-13-21-43(35-41)56-59-55(40-17-5-2-6-18-40)60-57(61-56)44-22-14-20-42(36-44)39-29-31-45(32-30-39)58(51-26-10-7-23-47(51)48-24-8-11-27-52(48)58)46-33-34-50-49-25-9-12-28-53(49)62-54(50)37-46/h1-37H. The van der Waals surface area contributed by atoms with E-state index >= 15 is 0 Å². The van der Waals surface area contributed by atoms with Crippen molar-refractivity contribution in [2.45, 2.75) is 5.41 Å². The van der Waals surface area contributed by atoms with Crippen LogP contribution < -0.4 is 0 Å². The summed E-state index contributed by atoms with van der Waals surface area (Å²) < 4.78 is 2.62. The van der Waals surface area contributed by atoms with E-state index < -0.39 is 5.41 Å². The topological polar surface area (TPSA) is 38.7 Å². The van der Waals surface area contributed by atoms with Crippen molar-refractivity contribution in [3.63, 3.8) is 0 Å². The van der Waals surface area contributed by atoms with Gasteiger partial charge in [0.15, 0.2) is 17.5 Å². The second kappa shape index (κ2) is 14.7. The van der Waals surface area contributed by atoms with Crippen LogP contribution in [-0.4, -0.2) is 15.0 Å². The molecule has 0 bridgehead atoms. The maximum Gasteiger partial charge on any atom is 0.164 e. The van der Waals surface area contributed by atoms with Gasteiger partial charge in [-0.2, -0.15) is 0 Å². The van der Waals surface area contributed by atoms with Crippen LogP contribution in [-0.2, 0) is 5.41 Å². The molecular formula is C58H37N3S. The molecule has 0 radical (unpaired) electrons. The zero-order valence-corrected chi connectivity index (χ0v) is 34.4. The minimum absolute atomic E-state index is 0.495. The predicted octanol–water partition coefficient (Wildman–Crippen LogP) is 14.9. The molecule has 2 heterocycles. The fourth-order valence-corrected chi connectivity index (χ4v) is 10.7. The Kier molecular flexibility index (Phi) is 8.58. The quantitative estimate of drug-likeness (QED) is 0.161. The lowest BCUT2D eigenvalue weighted by Crippen LogP contribution is -2.28. The van der Waals surface area contributed by atoms with Crippen LogP contribution in [0.3, 0.4) is 0 Å². The highest BCUT2D eigenvalue weighted by Gasteiger charge is 2.46. The maximum absolute atomic E-state index is 5.13. The van der Waals surface area contributed by atoms with E-state index in [9.17, 15) is 0 Å². The van der Waals surface area contributed by atoms with Crippen molar-refractivity contribution < 1.29 is 0 Å². The Balaban J connectivity index is 0.972. The first-order valence-corrected chi connectivity index (χ1v) is 21.8. The fourth-order valence-electron chi connectivity index (χ4n) is 9.55. The third-order valence-electron chi connectivity index (χ3n) is 12.4. The SMILES string of the molecule is c1ccc(-c2cccc(-c3nc(-c4ccccc4)nc(-c4cccc(-c5ccc(C6(c7ccc8c(c7)sc7ccccc78)c7ccccc7-c7ccccc76)cc5)c4)n3)c2)cc1. The van der Waals surface area contributed by atoms with Gasteiger partial charge in [0.2, 0.25) is 0 Å². The van der Waals surface area contributed by atoms with Gasteiger partial charge in [0, 0.05) is 36.9 Å². The summed E-state index contributed by atoms with van der Waals surface area (Å²) in [6, 6.07) is 80.6. The molecule has 0 amide bonds.